The number of benzene rings is 4. The maximum absolute atomic E-state index is 14.5. The molecule has 4 aromatic carbocycles. The lowest BCUT2D eigenvalue weighted by molar-refractivity contribution is -0.122. The predicted molar refractivity (Wildman–Crippen MR) is 163 cm³/mol. The molecule has 1 fully saturated rings. The Balaban J connectivity index is 1.32. The highest BCUT2D eigenvalue weighted by Gasteiger charge is 2.68. The second-order valence-corrected chi connectivity index (χ2v) is 12.3. The van der Waals surface area contributed by atoms with Gasteiger partial charge in [0.15, 0.2) is 0 Å². The van der Waals surface area contributed by atoms with Crippen molar-refractivity contribution in [3.63, 3.8) is 0 Å². The quantitative estimate of drug-likeness (QED) is 0.144. The molecule has 1 N–H and O–H groups in total. The van der Waals surface area contributed by atoms with Crippen LogP contribution in [0.1, 0.15) is 33.7 Å². The normalized spacial score (nSPS) is 24.1. The van der Waals surface area contributed by atoms with E-state index in [0.717, 1.165) is 38.0 Å². The van der Waals surface area contributed by atoms with Crippen LogP contribution in [0.4, 0.5) is 10.8 Å². The third-order valence-electron chi connectivity index (χ3n) is 8.82. The summed E-state index contributed by atoms with van der Waals surface area (Å²) in [5, 5.41) is 5.92. The van der Waals surface area contributed by atoms with Gasteiger partial charge in [-0.25, -0.2) is 9.88 Å². The maximum Gasteiger partial charge on any atom is 0.239 e. The molecule has 2 atom stereocenters. The zero-order valence-corrected chi connectivity index (χ0v) is 23.5. The molecule has 4 aliphatic rings. The number of rotatable bonds is 4. The molecule has 5 aromatic rings. The number of para-hydroxylation sites is 1. The number of anilines is 2. The van der Waals surface area contributed by atoms with Crippen LogP contribution in [0.3, 0.4) is 0 Å². The van der Waals surface area contributed by atoms with Crippen LogP contribution in [0.15, 0.2) is 96.1 Å². The molecule has 0 saturated carbocycles. The Kier molecular flexibility index (Phi) is 5.27. The molecule has 1 saturated heterocycles. The summed E-state index contributed by atoms with van der Waals surface area (Å²) in [5.41, 5.74) is 8.58. The Morgan fingerprint density at radius 1 is 0.927 bits per heavy atom. The maximum atomic E-state index is 14.5. The summed E-state index contributed by atoms with van der Waals surface area (Å²) in [5.74, 6) is -1.90. The van der Waals surface area contributed by atoms with E-state index in [1.807, 2.05) is 67.7 Å². The van der Waals surface area contributed by atoms with Crippen molar-refractivity contribution >= 4 is 62.0 Å². The molecular weight excluding hydrogens is 552 g/mol. The van der Waals surface area contributed by atoms with E-state index in [4.69, 9.17) is 16.7 Å². The Labute approximate surface area is 245 Å². The van der Waals surface area contributed by atoms with Crippen molar-refractivity contribution in [2.75, 3.05) is 10.3 Å². The van der Waals surface area contributed by atoms with Gasteiger partial charge < -0.3 is 0 Å². The van der Waals surface area contributed by atoms with Crippen LogP contribution in [0.2, 0.25) is 5.02 Å². The third-order valence-corrected chi connectivity index (χ3v) is 10.2. The number of aromatic nitrogens is 1. The number of thiazole rings is 1. The number of hydrazone groups is 1. The van der Waals surface area contributed by atoms with Gasteiger partial charge in [-0.05, 0) is 59.0 Å². The first-order valence-electron chi connectivity index (χ1n) is 13.5. The largest absolute Gasteiger partial charge is 0.274 e. The first kappa shape index (κ1) is 24.5. The van der Waals surface area contributed by atoms with E-state index in [-0.39, 0.29) is 17.7 Å². The summed E-state index contributed by atoms with van der Waals surface area (Å²) in [6.45, 7) is 1.90. The number of nitrogens with one attached hydrogen (secondary N) is 1. The van der Waals surface area contributed by atoms with Gasteiger partial charge >= 0.3 is 0 Å². The van der Waals surface area contributed by atoms with Crippen molar-refractivity contribution in [2.45, 2.75) is 18.3 Å². The minimum absolute atomic E-state index is 0.203. The van der Waals surface area contributed by atoms with Crippen LogP contribution in [0, 0.1) is 18.8 Å². The summed E-state index contributed by atoms with van der Waals surface area (Å²) in [6.07, 6.45) is 1.83. The Bertz CT molecular complexity index is 1870. The number of carbonyl (C=O) groups is 2. The zero-order chi connectivity index (χ0) is 27.9. The molecule has 1 aliphatic heterocycles. The van der Waals surface area contributed by atoms with Gasteiger partial charge in [0, 0.05) is 17.2 Å². The van der Waals surface area contributed by atoms with Gasteiger partial charge in [0.25, 0.3) is 0 Å². The topological polar surface area (TPSA) is 74.7 Å². The van der Waals surface area contributed by atoms with Crippen molar-refractivity contribution in [3.05, 3.63) is 124 Å². The molecule has 9 rings (SSSR count). The second kappa shape index (κ2) is 8.83. The molecule has 41 heavy (non-hydrogen) atoms. The standard InChI is InChI=1S/C33H23ClN4O2S/c1-18-14-15-19(16-24(18)34)38-30(39)28-27-20-8-2-4-10-22(20)33(29(28)31(38)40,23-11-5-3-9-21(23)27)17-35-37-32-36-25-12-6-7-13-26(25)41-32/h2-17,27-29H,1H3,(H,36,37)/b35-17-/t27?,28-,29+,33?/m1/s1. The Morgan fingerprint density at radius 2 is 1.61 bits per heavy atom. The predicted octanol–water partition coefficient (Wildman–Crippen LogP) is 6.91. The zero-order valence-electron chi connectivity index (χ0n) is 21.9. The fourth-order valence-corrected chi connectivity index (χ4v) is 8.12. The van der Waals surface area contributed by atoms with E-state index in [1.54, 1.807) is 12.1 Å². The molecule has 2 bridgehead atoms. The highest BCUT2D eigenvalue weighted by Crippen LogP contribution is 2.63. The number of imide groups is 1. The van der Waals surface area contributed by atoms with E-state index in [0.29, 0.717) is 15.8 Å². The molecular formula is C33H23ClN4O2S. The van der Waals surface area contributed by atoms with Gasteiger partial charge in [-0.1, -0.05) is 89.7 Å². The molecule has 2 amide bonds. The summed E-state index contributed by atoms with van der Waals surface area (Å²) >= 11 is 7.97. The van der Waals surface area contributed by atoms with Gasteiger partial charge in [0.05, 0.1) is 33.2 Å². The van der Waals surface area contributed by atoms with Crippen LogP contribution < -0.4 is 10.3 Å². The fraction of sp³-hybridized carbons (Fsp3) is 0.152. The van der Waals surface area contributed by atoms with Crippen LogP contribution in [0.5, 0.6) is 0 Å². The average Bonchev–Trinajstić information content (AvgIpc) is 3.53. The first-order valence-corrected chi connectivity index (χ1v) is 14.7. The van der Waals surface area contributed by atoms with E-state index in [1.165, 1.54) is 16.2 Å². The van der Waals surface area contributed by atoms with Crippen molar-refractivity contribution in [1.82, 2.24) is 4.98 Å². The van der Waals surface area contributed by atoms with Crippen molar-refractivity contribution in [3.8, 4) is 0 Å². The van der Waals surface area contributed by atoms with Crippen molar-refractivity contribution in [1.29, 1.82) is 0 Å². The number of halogens is 1. The van der Waals surface area contributed by atoms with Gasteiger partial charge in [0.2, 0.25) is 16.9 Å². The first-order chi connectivity index (χ1) is 20.0. The van der Waals surface area contributed by atoms with Crippen molar-refractivity contribution in [2.24, 2.45) is 16.9 Å². The number of fused-ring (bicyclic) bond motifs is 1. The molecule has 0 radical (unpaired) electrons. The number of nitrogens with zero attached hydrogens (tertiary/aromatic N) is 3. The van der Waals surface area contributed by atoms with E-state index in [9.17, 15) is 9.59 Å². The minimum atomic E-state index is -0.952. The summed E-state index contributed by atoms with van der Waals surface area (Å²) in [6, 6.07) is 29.6. The second-order valence-electron chi connectivity index (χ2n) is 10.8. The van der Waals surface area contributed by atoms with Gasteiger partial charge in [0.1, 0.15) is 0 Å². The minimum Gasteiger partial charge on any atom is -0.274 e. The molecule has 0 spiro atoms. The Morgan fingerprint density at radius 3 is 2.32 bits per heavy atom. The number of hydrogen-bond donors (Lipinski definition) is 1. The highest BCUT2D eigenvalue weighted by atomic mass is 35.5. The molecule has 6 nitrogen and oxygen atoms in total. The molecule has 3 aliphatic carbocycles. The number of carbonyl (C=O) groups excluding carboxylic acids is 2. The monoisotopic (exact) mass is 574 g/mol. The van der Waals surface area contributed by atoms with Crippen LogP contribution in [-0.4, -0.2) is 23.0 Å². The molecule has 2 heterocycles. The highest BCUT2D eigenvalue weighted by molar-refractivity contribution is 7.22. The third kappa shape index (κ3) is 3.30. The SMILES string of the molecule is Cc1ccc(N2C(=O)[C@@H]3C4c5ccccc5C(/C=N\Nc5nc6ccccc6s5)(c5ccccc54)[C@@H]3C2=O)cc1Cl. The summed E-state index contributed by atoms with van der Waals surface area (Å²) in [7, 11) is 0. The molecule has 0 unspecified atom stereocenters. The lowest BCUT2D eigenvalue weighted by Gasteiger charge is -2.52. The average molecular weight is 575 g/mol. The summed E-state index contributed by atoms with van der Waals surface area (Å²) < 4.78 is 1.06. The lowest BCUT2D eigenvalue weighted by atomic mass is 9.47. The van der Waals surface area contributed by atoms with Gasteiger partial charge in [-0.15, -0.1) is 0 Å². The van der Waals surface area contributed by atoms with Crippen molar-refractivity contribution < 1.29 is 9.59 Å². The van der Waals surface area contributed by atoms with Gasteiger partial charge in [-0.2, -0.15) is 5.10 Å². The molecule has 1 aromatic heterocycles. The van der Waals surface area contributed by atoms with E-state index < -0.39 is 17.3 Å². The molecule has 8 heteroatoms. The summed E-state index contributed by atoms with van der Waals surface area (Å²) in [4.78, 5) is 34.8. The lowest BCUT2D eigenvalue weighted by Crippen LogP contribution is -2.54. The van der Waals surface area contributed by atoms with Crippen LogP contribution in [0.25, 0.3) is 10.2 Å². The smallest absolute Gasteiger partial charge is 0.239 e. The van der Waals surface area contributed by atoms with Gasteiger partial charge in [-0.3, -0.25) is 15.0 Å². The van der Waals surface area contributed by atoms with Crippen LogP contribution in [-0.2, 0) is 15.0 Å². The number of amides is 2. The number of aryl methyl sites for hydroxylation is 1. The Hall–Kier alpha value is -4.33. The fourth-order valence-electron chi connectivity index (χ4n) is 7.13. The van der Waals surface area contributed by atoms with Crippen LogP contribution >= 0.6 is 22.9 Å². The molecule has 200 valence electrons. The van der Waals surface area contributed by atoms with E-state index >= 15 is 0 Å². The number of hydrogen-bond acceptors (Lipinski definition) is 6. The van der Waals surface area contributed by atoms with E-state index in [2.05, 4.69) is 34.7 Å².